The van der Waals surface area contributed by atoms with Gasteiger partial charge in [0.2, 0.25) is 5.88 Å². The predicted octanol–water partition coefficient (Wildman–Crippen LogP) is 0.349. The van der Waals surface area contributed by atoms with Gasteiger partial charge in [-0.2, -0.15) is 0 Å². The second kappa shape index (κ2) is 11.1. The number of morpholine rings is 1. The molecule has 1 atom stereocenters. The first kappa shape index (κ1) is 22.3. The van der Waals surface area contributed by atoms with Gasteiger partial charge in [0.1, 0.15) is 11.7 Å². The lowest BCUT2D eigenvalue weighted by atomic mass is 10.2. The smallest absolute Gasteiger partial charge is 0.328 e. The highest BCUT2D eigenvalue weighted by molar-refractivity contribution is 5.96. The first-order valence-electron chi connectivity index (χ1n) is 9.18. The number of carbonyl (C=O) groups excluding carboxylic acids is 1. The summed E-state index contributed by atoms with van der Waals surface area (Å²) in [5, 5.41) is 15.6. The molecule has 1 amide bonds. The summed E-state index contributed by atoms with van der Waals surface area (Å²) in [5.41, 5.74) is 0.550. The lowest BCUT2D eigenvalue weighted by Gasteiger charge is -2.28. The van der Waals surface area contributed by atoms with Gasteiger partial charge in [-0.25, -0.2) is 14.6 Å². The van der Waals surface area contributed by atoms with E-state index in [-0.39, 0.29) is 12.0 Å². The zero-order valence-electron chi connectivity index (χ0n) is 16.2. The van der Waals surface area contributed by atoms with Gasteiger partial charge >= 0.3 is 11.9 Å². The third-order valence-corrected chi connectivity index (χ3v) is 4.34. The van der Waals surface area contributed by atoms with Crippen molar-refractivity contribution in [1.82, 2.24) is 14.8 Å². The van der Waals surface area contributed by atoms with Crippen molar-refractivity contribution in [1.29, 1.82) is 0 Å². The van der Waals surface area contributed by atoms with Crippen LogP contribution in [0, 0.1) is 0 Å². The van der Waals surface area contributed by atoms with Crippen LogP contribution >= 0.6 is 0 Å². The Morgan fingerprint density at radius 1 is 1.24 bits per heavy atom. The van der Waals surface area contributed by atoms with Gasteiger partial charge in [0, 0.05) is 45.0 Å². The van der Waals surface area contributed by atoms with Gasteiger partial charge in [-0.3, -0.25) is 9.69 Å². The second-order valence-corrected chi connectivity index (χ2v) is 6.53. The number of likely N-dealkylation sites (N-methyl/N-ethyl adjacent to an activating group) is 1. The number of carboxylic acids is 2. The van der Waals surface area contributed by atoms with Crippen LogP contribution in [0.25, 0.3) is 0 Å². The molecule has 3 rings (SSSR count). The van der Waals surface area contributed by atoms with Crippen molar-refractivity contribution in [3.05, 3.63) is 36.0 Å². The number of hydrogen-bond donors (Lipinski definition) is 2. The molecule has 0 spiro atoms. The minimum absolute atomic E-state index is 0.0158. The number of hydrogen-bond acceptors (Lipinski definition) is 7. The van der Waals surface area contributed by atoms with E-state index in [2.05, 4.69) is 9.88 Å². The average molecular weight is 407 g/mol. The number of aromatic nitrogens is 1. The fraction of sp³-hybridized carbons (Fsp3) is 0.474. The molecule has 10 nitrogen and oxygen atoms in total. The van der Waals surface area contributed by atoms with E-state index in [1.54, 1.807) is 23.2 Å². The minimum Gasteiger partial charge on any atom is -0.478 e. The number of rotatable bonds is 5. The molecule has 1 saturated heterocycles. The van der Waals surface area contributed by atoms with Crippen molar-refractivity contribution in [2.24, 2.45) is 0 Å². The molecule has 0 aliphatic carbocycles. The van der Waals surface area contributed by atoms with Gasteiger partial charge in [0.15, 0.2) is 0 Å². The minimum atomic E-state index is -1.26. The molecule has 158 valence electrons. The standard InChI is InChI=1S/C15H21N3O3.C4H4O4/c1-17-11-12(4-6-18-7-9-20-10-8-18)21-14-13(15(17)19)3-2-5-16-14;5-3(6)1-2-4(7)8/h2-3,5,12H,4,6-11H2,1H3;1-2H,(H,5,6)(H,7,8). The molecule has 2 aliphatic rings. The van der Waals surface area contributed by atoms with Crippen molar-refractivity contribution in [2.75, 3.05) is 46.4 Å². The van der Waals surface area contributed by atoms with Crippen LogP contribution < -0.4 is 4.74 Å². The van der Waals surface area contributed by atoms with Crippen LogP contribution in [0.1, 0.15) is 16.8 Å². The molecule has 1 aromatic rings. The SMILES string of the molecule is CN1CC(CCN2CCOCC2)Oc2ncccc2C1=O.O=C(O)C=CC(=O)O. The van der Waals surface area contributed by atoms with E-state index in [0.717, 1.165) is 39.3 Å². The molecule has 2 aliphatic heterocycles. The molecule has 1 fully saturated rings. The molecule has 0 bridgehead atoms. The molecule has 0 saturated carbocycles. The van der Waals surface area contributed by atoms with E-state index >= 15 is 0 Å². The topological polar surface area (TPSA) is 130 Å². The third kappa shape index (κ3) is 7.51. The third-order valence-electron chi connectivity index (χ3n) is 4.34. The molecule has 2 N–H and O–H groups in total. The number of pyridine rings is 1. The molecule has 10 heteroatoms. The molecule has 1 unspecified atom stereocenters. The van der Waals surface area contributed by atoms with Crippen molar-refractivity contribution in [3.8, 4) is 5.88 Å². The summed E-state index contributed by atoms with van der Waals surface area (Å²) in [7, 11) is 1.82. The molecule has 3 heterocycles. The van der Waals surface area contributed by atoms with Crippen molar-refractivity contribution in [2.45, 2.75) is 12.5 Å². The Kier molecular flexibility index (Phi) is 8.56. The Hall–Kier alpha value is -2.98. The quantitative estimate of drug-likeness (QED) is 0.664. The van der Waals surface area contributed by atoms with E-state index < -0.39 is 11.9 Å². The molecule has 29 heavy (non-hydrogen) atoms. The van der Waals surface area contributed by atoms with Crippen LogP contribution in [-0.4, -0.2) is 95.4 Å². The van der Waals surface area contributed by atoms with Crippen molar-refractivity contribution in [3.63, 3.8) is 0 Å². The van der Waals surface area contributed by atoms with Crippen molar-refractivity contribution < 1.29 is 34.1 Å². The summed E-state index contributed by atoms with van der Waals surface area (Å²) in [5.74, 6) is -2.08. The van der Waals surface area contributed by atoms with Crippen LogP contribution in [0.2, 0.25) is 0 Å². The highest BCUT2D eigenvalue weighted by atomic mass is 16.5. The summed E-state index contributed by atoms with van der Waals surface area (Å²) in [6, 6.07) is 3.54. The number of nitrogens with zero attached hydrogens (tertiary/aromatic N) is 3. The highest BCUT2D eigenvalue weighted by Crippen LogP contribution is 2.22. The Bertz CT molecular complexity index is 731. The maximum Gasteiger partial charge on any atom is 0.328 e. The van der Waals surface area contributed by atoms with Crippen LogP contribution in [0.3, 0.4) is 0 Å². The van der Waals surface area contributed by atoms with Crippen LogP contribution in [-0.2, 0) is 14.3 Å². The highest BCUT2D eigenvalue weighted by Gasteiger charge is 2.27. The summed E-state index contributed by atoms with van der Waals surface area (Å²) in [6.45, 7) is 5.09. The maximum absolute atomic E-state index is 12.3. The van der Waals surface area contributed by atoms with E-state index in [1.807, 2.05) is 7.05 Å². The number of amides is 1. The summed E-state index contributed by atoms with van der Waals surface area (Å²) in [6.07, 6.45) is 3.65. The fourth-order valence-corrected chi connectivity index (χ4v) is 2.88. The number of ether oxygens (including phenoxy) is 2. The molecular weight excluding hydrogens is 382 g/mol. The van der Waals surface area contributed by atoms with Gasteiger partial charge < -0.3 is 24.6 Å². The van der Waals surface area contributed by atoms with Gasteiger partial charge in [-0.1, -0.05) is 0 Å². The average Bonchev–Trinajstić information content (AvgIpc) is 2.83. The normalized spacial score (nSPS) is 19.6. The van der Waals surface area contributed by atoms with Gasteiger partial charge in [-0.15, -0.1) is 0 Å². The van der Waals surface area contributed by atoms with E-state index in [0.29, 0.717) is 30.1 Å². The lowest BCUT2D eigenvalue weighted by molar-refractivity contribution is -0.134. The van der Waals surface area contributed by atoms with Crippen molar-refractivity contribution >= 4 is 17.8 Å². The Labute approximate surface area is 168 Å². The van der Waals surface area contributed by atoms with Crippen LogP contribution in [0.4, 0.5) is 0 Å². The Morgan fingerprint density at radius 3 is 2.52 bits per heavy atom. The molecule has 1 aromatic heterocycles. The second-order valence-electron chi connectivity index (χ2n) is 6.53. The van der Waals surface area contributed by atoms with E-state index in [9.17, 15) is 14.4 Å². The summed E-state index contributed by atoms with van der Waals surface area (Å²) < 4.78 is 11.3. The molecular formula is C19H25N3O7. The summed E-state index contributed by atoms with van der Waals surface area (Å²) >= 11 is 0. The van der Waals surface area contributed by atoms with Gasteiger partial charge in [0.25, 0.3) is 5.91 Å². The maximum atomic E-state index is 12.3. The van der Waals surface area contributed by atoms with Crippen LogP contribution in [0.15, 0.2) is 30.5 Å². The van der Waals surface area contributed by atoms with Crippen LogP contribution in [0.5, 0.6) is 5.88 Å². The fourth-order valence-electron chi connectivity index (χ4n) is 2.88. The largest absolute Gasteiger partial charge is 0.478 e. The van der Waals surface area contributed by atoms with E-state index in [4.69, 9.17) is 19.7 Å². The zero-order valence-corrected chi connectivity index (χ0v) is 16.2. The van der Waals surface area contributed by atoms with Gasteiger partial charge in [-0.05, 0) is 18.6 Å². The Balaban J connectivity index is 0.000000321. The van der Waals surface area contributed by atoms with E-state index in [1.165, 1.54) is 0 Å². The number of carbonyl (C=O) groups is 3. The molecule has 0 aromatic carbocycles. The zero-order chi connectivity index (χ0) is 21.2. The number of carboxylic acid groups (broad SMARTS) is 2. The number of aliphatic carboxylic acids is 2. The van der Waals surface area contributed by atoms with Gasteiger partial charge in [0.05, 0.1) is 19.8 Å². The predicted molar refractivity (Wildman–Crippen MR) is 102 cm³/mol. The first-order valence-corrected chi connectivity index (χ1v) is 9.18. The monoisotopic (exact) mass is 407 g/mol. The lowest BCUT2D eigenvalue weighted by Crippen LogP contribution is -2.40. The first-order chi connectivity index (χ1) is 13.9. The number of fused-ring (bicyclic) bond motifs is 1. The molecule has 0 radical (unpaired) electrons. The Morgan fingerprint density at radius 2 is 1.90 bits per heavy atom. The summed E-state index contributed by atoms with van der Waals surface area (Å²) in [4.78, 5) is 39.7.